The van der Waals surface area contributed by atoms with Gasteiger partial charge in [-0.1, -0.05) is 24.7 Å². The van der Waals surface area contributed by atoms with E-state index in [1.807, 2.05) is 0 Å². The van der Waals surface area contributed by atoms with Gasteiger partial charge in [-0.2, -0.15) is 5.01 Å². The number of rotatable bonds is 1. The average Bonchev–Trinajstić information content (AvgIpc) is 2.53. The molecule has 0 aromatic carbocycles. The summed E-state index contributed by atoms with van der Waals surface area (Å²) in [5.74, 6) is 0. The topological polar surface area (TPSA) is 59.1 Å². The van der Waals surface area contributed by atoms with Crippen LogP contribution in [-0.2, 0) is 0 Å². The van der Waals surface area contributed by atoms with E-state index in [0.717, 1.165) is 12.8 Å². The molecule has 1 heterocycles. The minimum Gasteiger partial charge on any atom is -0.242 e. The van der Waals surface area contributed by atoms with Crippen LogP contribution in [0.3, 0.4) is 0 Å². The fourth-order valence-corrected chi connectivity index (χ4v) is 1.74. The van der Waals surface area contributed by atoms with Crippen LogP contribution in [-0.4, -0.2) is 17.1 Å². The van der Waals surface area contributed by atoms with Crippen LogP contribution in [0.4, 0.5) is 4.79 Å². The van der Waals surface area contributed by atoms with Crippen LogP contribution >= 0.6 is 0 Å². The largest absolute Gasteiger partial charge is 0.385 e. The van der Waals surface area contributed by atoms with E-state index >= 15 is 0 Å². The third kappa shape index (κ3) is 1.26. The van der Waals surface area contributed by atoms with Crippen LogP contribution in [0.5, 0.6) is 0 Å². The number of hydrogen-bond acceptors (Lipinski definition) is 3. The molecule has 1 aliphatic heterocycles. The van der Waals surface area contributed by atoms with E-state index in [4.69, 9.17) is 0 Å². The molecule has 12 heavy (non-hydrogen) atoms. The van der Waals surface area contributed by atoms with Crippen LogP contribution in [0.2, 0.25) is 0 Å². The zero-order valence-corrected chi connectivity index (χ0v) is 6.81. The Morgan fingerprint density at radius 3 is 2.58 bits per heavy atom. The van der Waals surface area contributed by atoms with Crippen LogP contribution in [0.25, 0.3) is 0 Å². The molecular formula is C7H11N4O. The zero-order valence-electron chi connectivity index (χ0n) is 6.81. The maximum absolute atomic E-state index is 11.0. The summed E-state index contributed by atoms with van der Waals surface area (Å²) < 4.78 is 0. The Bertz CT molecular complexity index is 209. The highest BCUT2D eigenvalue weighted by Gasteiger charge is 2.29. The smallest absolute Gasteiger partial charge is 0.242 e. The van der Waals surface area contributed by atoms with Crippen molar-refractivity contribution in [2.45, 2.75) is 38.1 Å². The molecule has 0 spiro atoms. The number of urea groups is 1. The molecule has 0 saturated heterocycles. The molecule has 0 aromatic rings. The van der Waals surface area contributed by atoms with E-state index < -0.39 is 0 Å². The van der Waals surface area contributed by atoms with E-state index in [0.29, 0.717) is 0 Å². The SMILES string of the molecule is O=C1[N]N=NN1C1CCCCC1. The van der Waals surface area contributed by atoms with Gasteiger partial charge in [-0.3, -0.25) is 0 Å². The Kier molecular flexibility index (Phi) is 1.93. The van der Waals surface area contributed by atoms with Crippen LogP contribution in [0, 0.1) is 0 Å². The van der Waals surface area contributed by atoms with E-state index in [9.17, 15) is 4.79 Å². The third-order valence-electron chi connectivity index (χ3n) is 2.38. The van der Waals surface area contributed by atoms with Gasteiger partial charge >= 0.3 is 6.03 Å². The first-order valence-electron chi connectivity index (χ1n) is 4.33. The lowest BCUT2D eigenvalue weighted by atomic mass is 9.95. The van der Waals surface area contributed by atoms with Crippen molar-refractivity contribution in [2.75, 3.05) is 0 Å². The van der Waals surface area contributed by atoms with E-state index in [-0.39, 0.29) is 12.1 Å². The second-order valence-electron chi connectivity index (χ2n) is 3.20. The molecule has 0 bridgehead atoms. The van der Waals surface area contributed by atoms with Gasteiger partial charge in [0.05, 0.1) is 6.04 Å². The van der Waals surface area contributed by atoms with Gasteiger partial charge < -0.3 is 0 Å². The summed E-state index contributed by atoms with van der Waals surface area (Å²) in [6, 6.07) is -0.0526. The van der Waals surface area contributed by atoms with Crippen molar-refractivity contribution in [3.8, 4) is 0 Å². The second-order valence-corrected chi connectivity index (χ2v) is 3.20. The Balaban J connectivity index is 1.97. The molecular weight excluding hydrogens is 156 g/mol. The van der Waals surface area contributed by atoms with Crippen LogP contribution in [0.15, 0.2) is 10.4 Å². The van der Waals surface area contributed by atoms with Gasteiger partial charge in [-0.05, 0) is 23.3 Å². The van der Waals surface area contributed by atoms with E-state index in [2.05, 4.69) is 15.9 Å². The lowest BCUT2D eigenvalue weighted by Gasteiger charge is -2.25. The molecule has 0 aromatic heterocycles. The number of nitrogens with zero attached hydrogens (tertiary/aromatic N) is 4. The Morgan fingerprint density at radius 1 is 1.25 bits per heavy atom. The molecule has 2 aliphatic rings. The summed E-state index contributed by atoms with van der Waals surface area (Å²) >= 11 is 0. The van der Waals surface area contributed by atoms with Crippen molar-refractivity contribution < 1.29 is 4.79 Å². The fraction of sp³-hybridized carbons (Fsp3) is 0.857. The predicted octanol–water partition coefficient (Wildman–Crippen LogP) is 1.64. The Labute approximate surface area is 70.8 Å². The van der Waals surface area contributed by atoms with Gasteiger partial charge in [0.25, 0.3) is 0 Å². The van der Waals surface area contributed by atoms with Gasteiger partial charge in [0.2, 0.25) is 0 Å². The quantitative estimate of drug-likeness (QED) is 0.585. The summed E-state index contributed by atoms with van der Waals surface area (Å²) in [4.78, 5) is 11.0. The molecule has 2 rings (SSSR count). The summed E-state index contributed by atoms with van der Waals surface area (Å²) in [5.41, 5.74) is 3.34. The lowest BCUT2D eigenvalue weighted by molar-refractivity contribution is 0.170. The molecule has 0 atom stereocenters. The first kappa shape index (κ1) is 7.52. The average molecular weight is 167 g/mol. The maximum atomic E-state index is 11.0. The maximum Gasteiger partial charge on any atom is 0.385 e. The molecule has 0 unspecified atom stereocenters. The number of carbonyl (C=O) groups excluding carboxylic acids is 1. The zero-order chi connectivity index (χ0) is 8.39. The van der Waals surface area contributed by atoms with Gasteiger partial charge in [0, 0.05) is 0 Å². The monoisotopic (exact) mass is 167 g/mol. The minimum absolute atomic E-state index is 0.251. The third-order valence-corrected chi connectivity index (χ3v) is 2.38. The normalized spacial score (nSPS) is 24.7. The van der Waals surface area contributed by atoms with Crippen molar-refractivity contribution in [2.24, 2.45) is 10.4 Å². The van der Waals surface area contributed by atoms with Gasteiger partial charge in [0.1, 0.15) is 0 Å². The van der Waals surface area contributed by atoms with Crippen LogP contribution in [0.1, 0.15) is 32.1 Å². The molecule has 1 saturated carbocycles. The highest BCUT2D eigenvalue weighted by Crippen LogP contribution is 2.24. The molecule has 2 amide bonds. The minimum atomic E-state index is -0.304. The van der Waals surface area contributed by atoms with Crippen molar-refractivity contribution in [1.29, 1.82) is 0 Å². The molecule has 1 fully saturated rings. The van der Waals surface area contributed by atoms with E-state index in [1.165, 1.54) is 24.3 Å². The Hall–Kier alpha value is -1.13. The first-order chi connectivity index (χ1) is 5.88. The lowest BCUT2D eigenvalue weighted by Crippen LogP contribution is -2.35. The molecule has 65 valence electrons. The molecule has 1 radical (unpaired) electrons. The van der Waals surface area contributed by atoms with Crippen LogP contribution < -0.4 is 5.43 Å². The van der Waals surface area contributed by atoms with Gasteiger partial charge in [-0.15, -0.1) is 0 Å². The molecule has 5 heteroatoms. The summed E-state index contributed by atoms with van der Waals surface area (Å²) in [6.45, 7) is 0. The number of carbonyl (C=O) groups is 1. The Morgan fingerprint density at radius 2 is 2.00 bits per heavy atom. The van der Waals surface area contributed by atoms with Crippen molar-refractivity contribution in [3.63, 3.8) is 0 Å². The van der Waals surface area contributed by atoms with Crippen molar-refractivity contribution >= 4 is 6.03 Å². The van der Waals surface area contributed by atoms with Gasteiger partial charge in [0.15, 0.2) is 0 Å². The second kappa shape index (κ2) is 3.08. The van der Waals surface area contributed by atoms with Gasteiger partial charge in [-0.25, -0.2) is 4.79 Å². The van der Waals surface area contributed by atoms with Crippen molar-refractivity contribution in [1.82, 2.24) is 10.4 Å². The molecule has 0 N–H and O–H groups in total. The standard InChI is InChI=1S/C7H11N4O/c12-7-8-9-10-11(7)6-4-2-1-3-5-6/h6H,1-5H2. The molecule has 5 nitrogen and oxygen atoms in total. The summed E-state index contributed by atoms with van der Waals surface area (Å²) in [5, 5.41) is 8.45. The van der Waals surface area contributed by atoms with E-state index in [1.54, 1.807) is 0 Å². The fourth-order valence-electron chi connectivity index (χ4n) is 1.74. The highest BCUT2D eigenvalue weighted by molar-refractivity contribution is 5.74. The summed E-state index contributed by atoms with van der Waals surface area (Å²) in [6.07, 6.45) is 5.72. The summed E-state index contributed by atoms with van der Waals surface area (Å²) in [7, 11) is 0. The molecule has 1 aliphatic carbocycles. The number of hydrogen-bond donors (Lipinski definition) is 0. The van der Waals surface area contributed by atoms with Crippen molar-refractivity contribution in [3.05, 3.63) is 0 Å². The number of amides is 2. The predicted molar refractivity (Wildman–Crippen MR) is 41.1 cm³/mol. The highest BCUT2D eigenvalue weighted by atomic mass is 16.2. The first-order valence-corrected chi connectivity index (χ1v) is 4.33.